The zero-order valence-corrected chi connectivity index (χ0v) is 18.5. The maximum Gasteiger partial charge on any atom is 0.276 e. The van der Waals surface area contributed by atoms with Crippen LogP contribution in [0.25, 0.3) is 0 Å². The first-order chi connectivity index (χ1) is 16.9. The first-order valence-electron chi connectivity index (χ1n) is 11.1. The van der Waals surface area contributed by atoms with E-state index in [4.69, 9.17) is 0 Å². The van der Waals surface area contributed by atoms with Gasteiger partial charge in [-0.15, -0.1) is 0 Å². The highest BCUT2D eigenvalue weighted by Gasteiger charge is 2.39. The quantitative estimate of drug-likeness (QED) is 0.470. The van der Waals surface area contributed by atoms with Gasteiger partial charge in [-0.05, 0) is 41.0 Å². The van der Waals surface area contributed by atoms with Crippen LogP contribution in [-0.2, 0) is 6.54 Å². The van der Waals surface area contributed by atoms with E-state index in [-0.39, 0.29) is 18.8 Å². The molecule has 8 heteroatoms. The van der Waals surface area contributed by atoms with E-state index in [1.165, 1.54) is 33.8 Å². The van der Waals surface area contributed by atoms with E-state index in [2.05, 4.69) is 5.10 Å². The Kier molecular flexibility index (Phi) is 5.86. The summed E-state index contributed by atoms with van der Waals surface area (Å²) in [5, 5.41) is 14.8. The molecule has 1 aliphatic heterocycles. The fourth-order valence-corrected chi connectivity index (χ4v) is 4.67. The van der Waals surface area contributed by atoms with Crippen molar-refractivity contribution in [1.82, 2.24) is 14.7 Å². The Morgan fingerprint density at radius 1 is 0.914 bits per heavy atom. The van der Waals surface area contributed by atoms with Gasteiger partial charge in [0.1, 0.15) is 11.6 Å². The van der Waals surface area contributed by atoms with Gasteiger partial charge in [0.25, 0.3) is 5.91 Å². The molecule has 0 saturated heterocycles. The molecule has 35 heavy (non-hydrogen) atoms. The van der Waals surface area contributed by atoms with E-state index in [9.17, 15) is 23.5 Å². The molecule has 1 aliphatic rings. The maximum atomic E-state index is 14.3. The molecule has 0 bridgehead atoms. The summed E-state index contributed by atoms with van der Waals surface area (Å²) in [6.45, 7) is 0.353. The van der Waals surface area contributed by atoms with Gasteiger partial charge in [-0.2, -0.15) is 5.10 Å². The zero-order chi connectivity index (χ0) is 24.5. The van der Waals surface area contributed by atoms with E-state index in [0.717, 1.165) is 11.8 Å². The molecule has 176 valence electrons. The summed E-state index contributed by atoms with van der Waals surface area (Å²) < 4.78 is 29.9. The number of amides is 1. The SMILES string of the molecule is O=C1c2c(O)c(=O)cnn2C(C(c2cccc(F)c2)c2cccc(F)c2)CN1Cc1ccccc1. The summed E-state index contributed by atoms with van der Waals surface area (Å²) in [7, 11) is 0. The van der Waals surface area contributed by atoms with Crippen molar-refractivity contribution >= 4 is 5.91 Å². The van der Waals surface area contributed by atoms with Crippen LogP contribution in [0.1, 0.15) is 39.1 Å². The zero-order valence-electron chi connectivity index (χ0n) is 18.5. The third-order valence-corrected chi connectivity index (χ3v) is 6.21. The van der Waals surface area contributed by atoms with Crippen LogP contribution < -0.4 is 5.43 Å². The Labute approximate surface area is 199 Å². The number of benzene rings is 3. The minimum absolute atomic E-state index is 0.133. The lowest BCUT2D eigenvalue weighted by Gasteiger charge is -2.39. The third-order valence-electron chi connectivity index (χ3n) is 6.21. The number of carbonyl (C=O) groups excluding carboxylic acids is 1. The number of rotatable bonds is 5. The molecule has 1 N–H and O–H groups in total. The molecule has 1 unspecified atom stereocenters. The van der Waals surface area contributed by atoms with Crippen LogP contribution >= 0.6 is 0 Å². The molecule has 0 saturated carbocycles. The Morgan fingerprint density at radius 2 is 1.54 bits per heavy atom. The van der Waals surface area contributed by atoms with Crippen LogP contribution in [0.3, 0.4) is 0 Å². The molecular weight excluding hydrogens is 452 g/mol. The molecule has 6 nitrogen and oxygen atoms in total. The molecular formula is C27H21F2N3O3. The number of nitrogens with zero attached hydrogens (tertiary/aromatic N) is 3. The Morgan fingerprint density at radius 3 is 2.14 bits per heavy atom. The molecule has 0 aliphatic carbocycles. The number of aromatic hydroxyl groups is 1. The highest BCUT2D eigenvalue weighted by molar-refractivity contribution is 5.95. The first kappa shape index (κ1) is 22.5. The summed E-state index contributed by atoms with van der Waals surface area (Å²) in [6, 6.07) is 20.5. The van der Waals surface area contributed by atoms with E-state index >= 15 is 0 Å². The Balaban J connectivity index is 1.70. The molecule has 0 spiro atoms. The lowest BCUT2D eigenvalue weighted by atomic mass is 9.83. The van der Waals surface area contributed by atoms with Crippen molar-refractivity contribution in [1.29, 1.82) is 0 Å². The van der Waals surface area contributed by atoms with Gasteiger partial charge in [0.05, 0.1) is 12.2 Å². The van der Waals surface area contributed by atoms with Crippen LogP contribution in [0.15, 0.2) is 89.9 Å². The van der Waals surface area contributed by atoms with Crippen molar-refractivity contribution < 1.29 is 18.7 Å². The largest absolute Gasteiger partial charge is 0.502 e. The normalized spacial score (nSPS) is 15.3. The maximum absolute atomic E-state index is 14.3. The average Bonchev–Trinajstić information content (AvgIpc) is 2.84. The third kappa shape index (κ3) is 4.30. The molecule has 1 amide bonds. The highest BCUT2D eigenvalue weighted by atomic mass is 19.1. The van der Waals surface area contributed by atoms with Gasteiger partial charge < -0.3 is 10.0 Å². The summed E-state index contributed by atoms with van der Waals surface area (Å²) in [4.78, 5) is 27.1. The van der Waals surface area contributed by atoms with Gasteiger partial charge >= 0.3 is 0 Å². The van der Waals surface area contributed by atoms with E-state index < -0.39 is 40.7 Å². The van der Waals surface area contributed by atoms with Crippen molar-refractivity contribution in [3.05, 3.63) is 129 Å². The van der Waals surface area contributed by atoms with Gasteiger partial charge in [-0.25, -0.2) is 8.78 Å². The van der Waals surface area contributed by atoms with Gasteiger partial charge in [0.15, 0.2) is 11.4 Å². The number of aromatic nitrogens is 2. The lowest BCUT2D eigenvalue weighted by Crippen LogP contribution is -2.46. The molecule has 1 atom stereocenters. The summed E-state index contributed by atoms with van der Waals surface area (Å²) >= 11 is 0. The number of carbonyl (C=O) groups is 1. The van der Waals surface area contributed by atoms with Crippen LogP contribution in [0.5, 0.6) is 5.75 Å². The van der Waals surface area contributed by atoms with Gasteiger partial charge in [-0.1, -0.05) is 54.6 Å². The molecule has 0 radical (unpaired) electrons. The minimum Gasteiger partial charge on any atom is -0.502 e. The standard InChI is InChI=1S/C27H21F2N3O3/c28-20-10-4-8-18(12-20)24(19-9-5-11-21(29)13-19)22-16-31(15-17-6-2-1-3-7-17)27(35)25-26(34)23(33)14-30-32(22)25/h1-14,22,24,34H,15-16H2. The molecule has 5 rings (SSSR count). The van der Waals surface area contributed by atoms with Crippen LogP contribution in [0.2, 0.25) is 0 Å². The predicted octanol–water partition coefficient (Wildman–Crippen LogP) is 4.26. The van der Waals surface area contributed by atoms with Gasteiger partial charge in [0, 0.05) is 19.0 Å². The van der Waals surface area contributed by atoms with E-state index in [0.29, 0.717) is 11.1 Å². The second-order valence-corrected chi connectivity index (χ2v) is 8.48. The number of halogens is 2. The van der Waals surface area contributed by atoms with Crippen molar-refractivity contribution in [2.24, 2.45) is 0 Å². The van der Waals surface area contributed by atoms with E-state index in [1.54, 1.807) is 24.3 Å². The number of fused-ring (bicyclic) bond motifs is 1. The van der Waals surface area contributed by atoms with Gasteiger partial charge in [0.2, 0.25) is 5.43 Å². The van der Waals surface area contributed by atoms with Crippen molar-refractivity contribution in [2.75, 3.05) is 6.54 Å². The van der Waals surface area contributed by atoms with E-state index in [1.807, 2.05) is 30.3 Å². The topological polar surface area (TPSA) is 75.4 Å². The predicted molar refractivity (Wildman–Crippen MR) is 125 cm³/mol. The van der Waals surface area contributed by atoms with Gasteiger partial charge in [-0.3, -0.25) is 14.3 Å². The summed E-state index contributed by atoms with van der Waals surface area (Å²) in [6.07, 6.45) is 0.945. The fourth-order valence-electron chi connectivity index (χ4n) is 4.67. The Hall–Kier alpha value is -4.33. The second-order valence-electron chi connectivity index (χ2n) is 8.48. The second kappa shape index (κ2) is 9.13. The molecule has 4 aromatic rings. The monoisotopic (exact) mass is 473 g/mol. The van der Waals surface area contributed by atoms with Crippen LogP contribution in [-0.4, -0.2) is 32.2 Å². The first-order valence-corrected chi connectivity index (χ1v) is 11.1. The number of hydrogen-bond donors (Lipinski definition) is 1. The number of hydrogen-bond acceptors (Lipinski definition) is 4. The van der Waals surface area contributed by atoms with Crippen molar-refractivity contribution in [3.8, 4) is 5.75 Å². The molecule has 0 fully saturated rings. The summed E-state index contributed by atoms with van der Waals surface area (Å²) in [5.41, 5.74) is 0.911. The minimum atomic E-state index is -0.780. The Bertz CT molecular complexity index is 1410. The van der Waals surface area contributed by atoms with Crippen LogP contribution in [0, 0.1) is 11.6 Å². The molecule has 1 aromatic heterocycles. The van der Waals surface area contributed by atoms with Crippen molar-refractivity contribution in [2.45, 2.75) is 18.5 Å². The summed E-state index contributed by atoms with van der Waals surface area (Å²) in [5.74, 6) is -2.82. The molecule has 3 aromatic carbocycles. The van der Waals surface area contributed by atoms with Crippen molar-refractivity contribution in [3.63, 3.8) is 0 Å². The fraction of sp³-hybridized carbons (Fsp3) is 0.148. The average molecular weight is 473 g/mol. The molecule has 2 heterocycles. The van der Waals surface area contributed by atoms with Crippen LogP contribution in [0.4, 0.5) is 8.78 Å². The smallest absolute Gasteiger partial charge is 0.276 e. The highest BCUT2D eigenvalue weighted by Crippen LogP contribution is 2.40. The lowest BCUT2D eigenvalue weighted by molar-refractivity contribution is 0.0618.